The van der Waals surface area contributed by atoms with Crippen molar-refractivity contribution < 1.29 is 18.0 Å². The van der Waals surface area contributed by atoms with Crippen molar-refractivity contribution in [1.82, 2.24) is 4.90 Å². The molecule has 6 rings (SSSR count). The van der Waals surface area contributed by atoms with E-state index in [1.807, 2.05) is 48.5 Å². The van der Waals surface area contributed by atoms with Crippen LogP contribution < -0.4 is 4.90 Å². The third-order valence-corrected chi connectivity index (χ3v) is 8.90. The summed E-state index contributed by atoms with van der Waals surface area (Å²) in [6, 6.07) is 28.3. The summed E-state index contributed by atoms with van der Waals surface area (Å²) in [5.41, 5.74) is 3.88. The number of carbonyl (C=O) groups is 2. The minimum atomic E-state index is -3.99. The molecule has 184 valence electrons. The predicted octanol–water partition coefficient (Wildman–Crippen LogP) is 4.88. The Morgan fingerprint density at radius 1 is 0.784 bits per heavy atom. The monoisotopic (exact) mass is 508 g/mol. The van der Waals surface area contributed by atoms with Crippen LogP contribution in [0, 0.1) is 0 Å². The Hall–Kier alpha value is -4.23. The number of sulfone groups is 1. The normalized spacial score (nSPS) is 15.8. The van der Waals surface area contributed by atoms with E-state index in [1.54, 1.807) is 29.2 Å². The maximum absolute atomic E-state index is 13.8. The molecule has 2 heterocycles. The highest BCUT2D eigenvalue weighted by atomic mass is 32.2. The van der Waals surface area contributed by atoms with Crippen LogP contribution in [0.15, 0.2) is 107 Å². The van der Waals surface area contributed by atoms with Crippen LogP contribution in [0.1, 0.15) is 37.4 Å². The largest absolute Gasteiger partial charge is 0.334 e. The fourth-order valence-electron chi connectivity index (χ4n) is 5.11. The van der Waals surface area contributed by atoms with E-state index in [2.05, 4.69) is 6.07 Å². The first kappa shape index (κ1) is 23.2. The van der Waals surface area contributed by atoms with Crippen molar-refractivity contribution in [1.29, 1.82) is 0 Å². The fourth-order valence-corrected chi connectivity index (χ4v) is 6.75. The van der Waals surface area contributed by atoms with Crippen molar-refractivity contribution in [3.63, 3.8) is 0 Å². The molecule has 2 amide bonds. The molecule has 0 fully saturated rings. The van der Waals surface area contributed by atoms with E-state index in [0.717, 1.165) is 17.5 Å². The summed E-state index contributed by atoms with van der Waals surface area (Å²) >= 11 is 0. The maximum Gasteiger partial charge on any atom is 0.259 e. The van der Waals surface area contributed by atoms with Crippen molar-refractivity contribution in [2.75, 3.05) is 11.4 Å². The van der Waals surface area contributed by atoms with Crippen LogP contribution in [-0.4, -0.2) is 31.7 Å². The topological polar surface area (TPSA) is 74.8 Å². The zero-order chi connectivity index (χ0) is 25.6. The van der Waals surface area contributed by atoms with E-state index in [-0.39, 0.29) is 33.5 Å². The van der Waals surface area contributed by atoms with Gasteiger partial charge in [-0.15, -0.1) is 0 Å². The molecule has 0 radical (unpaired) electrons. The molecule has 0 N–H and O–H groups in total. The van der Waals surface area contributed by atoms with E-state index in [9.17, 15) is 18.0 Å². The molecular formula is C30H24N2O4S. The first-order chi connectivity index (χ1) is 17.9. The van der Waals surface area contributed by atoms with Gasteiger partial charge in [0.2, 0.25) is 9.84 Å². The van der Waals surface area contributed by atoms with E-state index in [4.69, 9.17) is 0 Å². The molecule has 0 saturated heterocycles. The lowest BCUT2D eigenvalue weighted by atomic mass is 9.99. The van der Waals surface area contributed by atoms with Gasteiger partial charge in [0.15, 0.2) is 0 Å². The standard InChI is InChI=1S/C30H24N2O4S/c33-29(31-17-16-22-10-4-5-11-24(22)20-31)23-14-15-28-26(18-23)32(19-21-8-2-1-3-9-21)30(34)25-12-6-7-13-27(25)37(28,35)36/h1-15,18H,16-17,19-20H2. The Morgan fingerprint density at radius 3 is 2.30 bits per heavy atom. The van der Waals surface area contributed by atoms with Crippen LogP contribution in [0.3, 0.4) is 0 Å². The summed E-state index contributed by atoms with van der Waals surface area (Å²) in [5.74, 6) is -0.609. The molecule has 4 aromatic carbocycles. The van der Waals surface area contributed by atoms with E-state index < -0.39 is 15.7 Å². The zero-order valence-electron chi connectivity index (χ0n) is 20.0. The molecule has 4 aromatic rings. The summed E-state index contributed by atoms with van der Waals surface area (Å²) in [7, 11) is -3.99. The van der Waals surface area contributed by atoms with Crippen LogP contribution in [0.2, 0.25) is 0 Å². The predicted molar refractivity (Wildman–Crippen MR) is 140 cm³/mol. The van der Waals surface area contributed by atoms with Gasteiger partial charge in [-0.25, -0.2) is 8.42 Å². The maximum atomic E-state index is 13.8. The Balaban J connectivity index is 1.46. The number of benzene rings is 4. The van der Waals surface area contributed by atoms with Crippen molar-refractivity contribution in [3.8, 4) is 0 Å². The molecule has 2 aliphatic rings. The summed E-state index contributed by atoms with van der Waals surface area (Å²) in [4.78, 5) is 30.6. The molecule has 0 saturated carbocycles. The fraction of sp³-hybridized carbons (Fsp3) is 0.133. The number of anilines is 1. The summed E-state index contributed by atoms with van der Waals surface area (Å²) in [6.45, 7) is 1.23. The zero-order valence-corrected chi connectivity index (χ0v) is 20.8. The number of rotatable bonds is 3. The van der Waals surface area contributed by atoms with Crippen molar-refractivity contribution in [2.45, 2.75) is 29.3 Å². The molecule has 0 unspecified atom stereocenters. The average molecular weight is 509 g/mol. The summed E-state index contributed by atoms with van der Waals surface area (Å²) in [5, 5.41) is 0. The minimum Gasteiger partial charge on any atom is -0.334 e. The number of amides is 2. The van der Waals surface area contributed by atoms with Crippen molar-refractivity contribution in [3.05, 3.63) is 125 Å². The third kappa shape index (κ3) is 4.01. The number of fused-ring (bicyclic) bond motifs is 3. The average Bonchev–Trinajstić information content (AvgIpc) is 3.01. The molecule has 0 bridgehead atoms. The Bertz CT molecular complexity index is 1650. The summed E-state index contributed by atoms with van der Waals surface area (Å²) < 4.78 is 27.4. The van der Waals surface area contributed by atoms with Crippen molar-refractivity contribution in [2.24, 2.45) is 0 Å². The van der Waals surface area contributed by atoms with E-state index in [0.29, 0.717) is 18.7 Å². The first-order valence-corrected chi connectivity index (χ1v) is 13.6. The molecule has 6 nitrogen and oxygen atoms in total. The van der Waals surface area contributed by atoms with Crippen LogP contribution >= 0.6 is 0 Å². The lowest BCUT2D eigenvalue weighted by molar-refractivity contribution is 0.0734. The molecule has 7 heteroatoms. The Kier molecular flexibility index (Phi) is 5.65. The smallest absolute Gasteiger partial charge is 0.259 e. The van der Waals surface area contributed by atoms with Gasteiger partial charge >= 0.3 is 0 Å². The lowest BCUT2D eigenvalue weighted by Crippen LogP contribution is -2.36. The molecule has 2 aliphatic heterocycles. The van der Waals surface area contributed by atoms with Crippen LogP contribution in [-0.2, 0) is 29.3 Å². The Morgan fingerprint density at radius 2 is 1.49 bits per heavy atom. The molecule has 0 aromatic heterocycles. The van der Waals surface area contributed by atoms with Gasteiger partial charge in [-0.3, -0.25) is 9.59 Å². The number of hydrogen-bond acceptors (Lipinski definition) is 4. The van der Waals surface area contributed by atoms with Gasteiger partial charge in [-0.05, 0) is 53.4 Å². The van der Waals surface area contributed by atoms with Gasteiger partial charge < -0.3 is 9.80 Å². The van der Waals surface area contributed by atoms with Gasteiger partial charge in [0.05, 0.1) is 27.6 Å². The quantitative estimate of drug-likeness (QED) is 0.395. The lowest BCUT2D eigenvalue weighted by Gasteiger charge is -2.29. The van der Waals surface area contributed by atoms with Gasteiger partial charge in [0.25, 0.3) is 11.8 Å². The number of carbonyl (C=O) groups excluding carboxylic acids is 2. The van der Waals surface area contributed by atoms with Gasteiger partial charge in [0, 0.05) is 18.7 Å². The van der Waals surface area contributed by atoms with Crippen molar-refractivity contribution >= 4 is 27.3 Å². The second-order valence-electron chi connectivity index (χ2n) is 9.30. The SMILES string of the molecule is O=C(c1ccc2c(c1)N(Cc1ccccc1)C(=O)c1ccccc1S2(=O)=O)N1CCc2ccccc2C1. The van der Waals surface area contributed by atoms with Gasteiger partial charge in [-0.2, -0.15) is 0 Å². The second-order valence-corrected chi connectivity index (χ2v) is 11.2. The minimum absolute atomic E-state index is 0.0160. The number of nitrogens with zero attached hydrogens (tertiary/aromatic N) is 2. The third-order valence-electron chi connectivity index (χ3n) is 7.04. The van der Waals surface area contributed by atoms with E-state index >= 15 is 0 Å². The van der Waals surface area contributed by atoms with Gasteiger partial charge in [0.1, 0.15) is 0 Å². The highest BCUT2D eigenvalue weighted by Crippen LogP contribution is 2.38. The van der Waals surface area contributed by atoms with Crippen LogP contribution in [0.25, 0.3) is 0 Å². The Labute approximate surface area is 215 Å². The molecule has 37 heavy (non-hydrogen) atoms. The second kappa shape index (κ2) is 9.01. The summed E-state index contributed by atoms with van der Waals surface area (Å²) in [6.07, 6.45) is 0.759. The van der Waals surface area contributed by atoms with E-state index in [1.165, 1.54) is 28.7 Å². The highest BCUT2D eigenvalue weighted by Gasteiger charge is 2.36. The molecule has 0 atom stereocenters. The van der Waals surface area contributed by atoms with Crippen LogP contribution in [0.4, 0.5) is 5.69 Å². The van der Waals surface area contributed by atoms with Gasteiger partial charge in [-0.1, -0.05) is 66.7 Å². The molecular weight excluding hydrogens is 484 g/mol. The van der Waals surface area contributed by atoms with Crippen LogP contribution in [0.5, 0.6) is 0 Å². The number of hydrogen-bond donors (Lipinski definition) is 0. The molecule has 0 aliphatic carbocycles. The first-order valence-electron chi connectivity index (χ1n) is 12.1. The molecule has 0 spiro atoms. The highest BCUT2D eigenvalue weighted by molar-refractivity contribution is 7.91.